The molecular formula is C15H25N5O2. The van der Waals surface area contributed by atoms with Crippen LogP contribution in [0.15, 0.2) is 0 Å². The summed E-state index contributed by atoms with van der Waals surface area (Å²) < 4.78 is 7.28. The van der Waals surface area contributed by atoms with Gasteiger partial charge >= 0.3 is 0 Å². The minimum absolute atomic E-state index is 0.224. The molecule has 1 unspecified atom stereocenters. The summed E-state index contributed by atoms with van der Waals surface area (Å²) in [5.74, 6) is 1.98. The SMILES string of the molecule is Cc1nc(C)n(CC2CCCN2CC(=O)N2CCOCC2)n1. The van der Waals surface area contributed by atoms with Crippen LogP contribution in [0.5, 0.6) is 0 Å². The lowest BCUT2D eigenvalue weighted by Gasteiger charge is -2.30. The molecule has 0 N–H and O–H groups in total. The summed E-state index contributed by atoms with van der Waals surface area (Å²) in [6.07, 6.45) is 2.27. The van der Waals surface area contributed by atoms with E-state index in [9.17, 15) is 4.79 Å². The number of likely N-dealkylation sites (tertiary alicyclic amines) is 1. The van der Waals surface area contributed by atoms with Crippen LogP contribution in [0.4, 0.5) is 0 Å². The molecule has 1 atom stereocenters. The Balaban J connectivity index is 1.58. The summed E-state index contributed by atoms with van der Waals surface area (Å²) in [5.41, 5.74) is 0. The van der Waals surface area contributed by atoms with E-state index in [0.29, 0.717) is 25.8 Å². The van der Waals surface area contributed by atoms with Crippen molar-refractivity contribution in [1.82, 2.24) is 24.6 Å². The van der Waals surface area contributed by atoms with E-state index in [1.165, 1.54) is 0 Å². The fraction of sp³-hybridized carbons (Fsp3) is 0.800. The number of hydrogen-bond acceptors (Lipinski definition) is 5. The number of morpholine rings is 1. The molecule has 0 bridgehead atoms. The van der Waals surface area contributed by atoms with E-state index in [-0.39, 0.29) is 5.91 Å². The molecule has 2 aliphatic rings. The molecule has 0 aromatic carbocycles. The average Bonchev–Trinajstić information content (AvgIpc) is 3.07. The molecular weight excluding hydrogens is 282 g/mol. The van der Waals surface area contributed by atoms with Crippen LogP contribution in [-0.4, -0.2) is 75.9 Å². The molecule has 1 amide bonds. The molecule has 0 saturated carbocycles. The molecule has 2 saturated heterocycles. The van der Waals surface area contributed by atoms with Gasteiger partial charge < -0.3 is 9.64 Å². The largest absolute Gasteiger partial charge is 0.378 e. The zero-order chi connectivity index (χ0) is 15.5. The van der Waals surface area contributed by atoms with Gasteiger partial charge in [-0.15, -0.1) is 0 Å². The Bertz CT molecular complexity index is 524. The zero-order valence-corrected chi connectivity index (χ0v) is 13.5. The smallest absolute Gasteiger partial charge is 0.236 e. The summed E-state index contributed by atoms with van der Waals surface area (Å²) in [5, 5.41) is 4.44. The first kappa shape index (κ1) is 15.4. The summed E-state index contributed by atoms with van der Waals surface area (Å²) >= 11 is 0. The molecule has 1 aromatic heterocycles. The molecule has 0 radical (unpaired) electrons. The molecule has 22 heavy (non-hydrogen) atoms. The number of rotatable bonds is 4. The van der Waals surface area contributed by atoms with E-state index >= 15 is 0 Å². The number of hydrogen-bond donors (Lipinski definition) is 0. The van der Waals surface area contributed by atoms with Crippen molar-refractivity contribution in [3.8, 4) is 0 Å². The van der Waals surface area contributed by atoms with E-state index in [1.807, 2.05) is 23.4 Å². The lowest BCUT2D eigenvalue weighted by Crippen LogP contribution is -2.47. The normalized spacial score (nSPS) is 23.2. The Morgan fingerprint density at radius 2 is 2.05 bits per heavy atom. The number of amides is 1. The molecule has 3 heterocycles. The molecule has 0 aliphatic carbocycles. The second-order valence-corrected chi connectivity index (χ2v) is 6.15. The van der Waals surface area contributed by atoms with E-state index in [1.54, 1.807) is 0 Å². The zero-order valence-electron chi connectivity index (χ0n) is 13.5. The van der Waals surface area contributed by atoms with Crippen LogP contribution in [-0.2, 0) is 16.1 Å². The Morgan fingerprint density at radius 1 is 1.27 bits per heavy atom. The van der Waals surface area contributed by atoms with Crippen LogP contribution in [0.25, 0.3) is 0 Å². The molecule has 122 valence electrons. The Morgan fingerprint density at radius 3 is 2.73 bits per heavy atom. The number of nitrogens with zero attached hydrogens (tertiary/aromatic N) is 5. The topological polar surface area (TPSA) is 63.5 Å². The Kier molecular flexibility index (Phi) is 4.73. The van der Waals surface area contributed by atoms with Crippen molar-refractivity contribution in [2.45, 2.75) is 39.3 Å². The van der Waals surface area contributed by atoms with Crippen LogP contribution >= 0.6 is 0 Å². The van der Waals surface area contributed by atoms with Gasteiger partial charge in [-0.1, -0.05) is 0 Å². The maximum atomic E-state index is 12.4. The number of carbonyl (C=O) groups excluding carboxylic acids is 1. The summed E-state index contributed by atoms with van der Waals surface area (Å²) in [6, 6.07) is 0.379. The second-order valence-electron chi connectivity index (χ2n) is 6.15. The van der Waals surface area contributed by atoms with Crippen LogP contribution in [0.1, 0.15) is 24.5 Å². The van der Waals surface area contributed by atoms with Gasteiger partial charge in [0.25, 0.3) is 0 Å². The summed E-state index contributed by atoms with van der Waals surface area (Å²) in [6.45, 7) is 8.99. The third kappa shape index (κ3) is 3.47. The van der Waals surface area contributed by atoms with Crippen molar-refractivity contribution < 1.29 is 9.53 Å². The highest BCUT2D eigenvalue weighted by atomic mass is 16.5. The van der Waals surface area contributed by atoms with Crippen LogP contribution < -0.4 is 0 Å². The quantitative estimate of drug-likeness (QED) is 0.796. The maximum absolute atomic E-state index is 12.4. The fourth-order valence-corrected chi connectivity index (χ4v) is 3.33. The van der Waals surface area contributed by atoms with Crippen molar-refractivity contribution >= 4 is 5.91 Å². The van der Waals surface area contributed by atoms with E-state index in [2.05, 4.69) is 15.0 Å². The summed E-state index contributed by atoms with van der Waals surface area (Å²) in [7, 11) is 0. The average molecular weight is 307 g/mol. The highest BCUT2D eigenvalue weighted by Crippen LogP contribution is 2.19. The van der Waals surface area contributed by atoms with Gasteiger partial charge in [0.15, 0.2) is 0 Å². The minimum Gasteiger partial charge on any atom is -0.378 e. The Labute approximate surface area is 131 Å². The molecule has 7 heteroatoms. The number of aromatic nitrogens is 3. The van der Waals surface area contributed by atoms with Crippen molar-refractivity contribution in [3.63, 3.8) is 0 Å². The Hall–Kier alpha value is -1.47. The van der Waals surface area contributed by atoms with Gasteiger partial charge in [-0.2, -0.15) is 5.10 Å². The standard InChI is InChI=1S/C15H25N5O2/c1-12-16-13(2)20(17-12)10-14-4-3-5-19(14)11-15(21)18-6-8-22-9-7-18/h14H,3-11H2,1-2H3. The summed E-state index contributed by atoms with van der Waals surface area (Å²) in [4.78, 5) is 21.0. The van der Waals surface area contributed by atoms with Gasteiger partial charge in [-0.05, 0) is 33.2 Å². The lowest BCUT2D eigenvalue weighted by atomic mass is 10.2. The molecule has 2 fully saturated rings. The molecule has 1 aromatic rings. The van der Waals surface area contributed by atoms with Gasteiger partial charge in [0.05, 0.1) is 26.3 Å². The van der Waals surface area contributed by atoms with Gasteiger partial charge in [0.2, 0.25) is 5.91 Å². The van der Waals surface area contributed by atoms with E-state index < -0.39 is 0 Å². The first-order chi connectivity index (χ1) is 10.6. The molecule has 7 nitrogen and oxygen atoms in total. The highest BCUT2D eigenvalue weighted by Gasteiger charge is 2.29. The maximum Gasteiger partial charge on any atom is 0.236 e. The third-order valence-electron chi connectivity index (χ3n) is 4.55. The van der Waals surface area contributed by atoms with Gasteiger partial charge in [-0.25, -0.2) is 9.67 Å². The number of aryl methyl sites for hydroxylation is 2. The third-order valence-corrected chi connectivity index (χ3v) is 4.55. The molecule has 3 rings (SSSR count). The minimum atomic E-state index is 0.224. The second kappa shape index (κ2) is 6.75. The van der Waals surface area contributed by atoms with Crippen LogP contribution in [0, 0.1) is 13.8 Å². The van der Waals surface area contributed by atoms with Crippen molar-refractivity contribution in [2.75, 3.05) is 39.4 Å². The highest BCUT2D eigenvalue weighted by molar-refractivity contribution is 5.78. The molecule has 2 aliphatic heterocycles. The fourth-order valence-electron chi connectivity index (χ4n) is 3.33. The first-order valence-electron chi connectivity index (χ1n) is 8.11. The number of ether oxygens (including phenoxy) is 1. The van der Waals surface area contributed by atoms with Gasteiger partial charge in [0.1, 0.15) is 11.6 Å². The van der Waals surface area contributed by atoms with Crippen molar-refractivity contribution in [1.29, 1.82) is 0 Å². The predicted molar refractivity (Wildman–Crippen MR) is 81.5 cm³/mol. The first-order valence-corrected chi connectivity index (χ1v) is 8.11. The molecule has 0 spiro atoms. The van der Waals surface area contributed by atoms with E-state index in [0.717, 1.165) is 50.7 Å². The van der Waals surface area contributed by atoms with Gasteiger partial charge in [-0.3, -0.25) is 9.69 Å². The monoisotopic (exact) mass is 307 g/mol. The van der Waals surface area contributed by atoms with Crippen molar-refractivity contribution in [2.24, 2.45) is 0 Å². The van der Waals surface area contributed by atoms with Gasteiger partial charge in [0, 0.05) is 19.1 Å². The lowest BCUT2D eigenvalue weighted by molar-refractivity contribution is -0.136. The van der Waals surface area contributed by atoms with Crippen LogP contribution in [0.2, 0.25) is 0 Å². The predicted octanol–water partition coefficient (Wildman–Crippen LogP) is 0.218. The van der Waals surface area contributed by atoms with E-state index in [4.69, 9.17) is 4.74 Å². The van der Waals surface area contributed by atoms with Crippen molar-refractivity contribution in [3.05, 3.63) is 11.6 Å². The van der Waals surface area contributed by atoms with Crippen LogP contribution in [0.3, 0.4) is 0 Å². The number of carbonyl (C=O) groups is 1.